The number of rotatable bonds is 4. The summed E-state index contributed by atoms with van der Waals surface area (Å²) in [5, 5.41) is 11.7. The van der Waals surface area contributed by atoms with Crippen LogP contribution < -0.4 is 5.32 Å². The highest BCUT2D eigenvalue weighted by atomic mass is 19.1. The zero-order valence-corrected chi connectivity index (χ0v) is 11.9. The van der Waals surface area contributed by atoms with Crippen molar-refractivity contribution in [2.45, 2.75) is 13.5 Å². The predicted octanol–water partition coefficient (Wildman–Crippen LogP) is 2.67. The lowest BCUT2D eigenvalue weighted by Crippen LogP contribution is -2.06. The summed E-state index contributed by atoms with van der Waals surface area (Å²) in [4.78, 5) is 0. The molecule has 2 aromatic heterocycles. The summed E-state index contributed by atoms with van der Waals surface area (Å²) in [6.45, 7) is 2.55. The molecule has 0 bridgehead atoms. The van der Waals surface area contributed by atoms with Gasteiger partial charge >= 0.3 is 0 Å². The summed E-state index contributed by atoms with van der Waals surface area (Å²) < 4.78 is 17.2. The lowest BCUT2D eigenvalue weighted by atomic mass is 10.3. The number of hydrogen-bond acceptors (Lipinski definition) is 3. The standard InChI is InChI=1S/C15H16FN5/c1-11-14(17-9-12-7-8-18-20(12)2)10-19-21(11)15-6-4-3-5-13(15)16/h3-8,10,17H,9H2,1-2H3. The zero-order valence-electron chi connectivity index (χ0n) is 11.9. The number of aromatic nitrogens is 4. The first-order chi connectivity index (χ1) is 10.2. The molecule has 0 atom stereocenters. The van der Waals surface area contributed by atoms with E-state index in [4.69, 9.17) is 0 Å². The van der Waals surface area contributed by atoms with E-state index in [1.807, 2.05) is 24.7 Å². The van der Waals surface area contributed by atoms with Crippen LogP contribution in [0.3, 0.4) is 0 Å². The molecule has 3 aromatic rings. The molecular weight excluding hydrogens is 269 g/mol. The van der Waals surface area contributed by atoms with E-state index in [-0.39, 0.29) is 5.82 Å². The molecule has 1 N–H and O–H groups in total. The van der Waals surface area contributed by atoms with E-state index in [1.165, 1.54) is 6.07 Å². The third-order valence-corrected chi connectivity index (χ3v) is 3.47. The molecule has 5 nitrogen and oxygen atoms in total. The summed E-state index contributed by atoms with van der Waals surface area (Å²) in [5.74, 6) is -0.290. The van der Waals surface area contributed by atoms with Gasteiger partial charge in [0.05, 0.1) is 29.8 Å². The van der Waals surface area contributed by atoms with Gasteiger partial charge in [-0.1, -0.05) is 12.1 Å². The molecule has 3 rings (SSSR count). The summed E-state index contributed by atoms with van der Waals surface area (Å²) in [7, 11) is 1.90. The molecule has 0 aliphatic carbocycles. The molecule has 0 aliphatic heterocycles. The molecule has 0 saturated carbocycles. The smallest absolute Gasteiger partial charge is 0.148 e. The molecule has 2 heterocycles. The van der Waals surface area contributed by atoms with Gasteiger partial charge in [0.2, 0.25) is 0 Å². The van der Waals surface area contributed by atoms with Gasteiger partial charge in [-0.25, -0.2) is 9.07 Å². The monoisotopic (exact) mass is 285 g/mol. The second-order valence-electron chi connectivity index (χ2n) is 4.81. The van der Waals surface area contributed by atoms with Crippen molar-refractivity contribution < 1.29 is 4.39 Å². The van der Waals surface area contributed by atoms with Gasteiger partial charge in [0.25, 0.3) is 0 Å². The van der Waals surface area contributed by atoms with Crippen LogP contribution in [0.5, 0.6) is 0 Å². The number of nitrogens with zero attached hydrogens (tertiary/aromatic N) is 4. The third-order valence-electron chi connectivity index (χ3n) is 3.47. The molecule has 0 amide bonds. The largest absolute Gasteiger partial charge is 0.377 e. The van der Waals surface area contributed by atoms with E-state index in [1.54, 1.807) is 35.3 Å². The van der Waals surface area contributed by atoms with Crippen LogP contribution in [-0.2, 0) is 13.6 Å². The maximum atomic E-state index is 13.8. The summed E-state index contributed by atoms with van der Waals surface area (Å²) in [5.41, 5.74) is 3.25. The first-order valence-electron chi connectivity index (χ1n) is 6.67. The highest BCUT2D eigenvalue weighted by Gasteiger charge is 2.11. The Balaban J connectivity index is 1.83. The lowest BCUT2D eigenvalue weighted by molar-refractivity contribution is 0.608. The van der Waals surface area contributed by atoms with Crippen LogP contribution in [0.15, 0.2) is 42.7 Å². The Labute approximate surface area is 122 Å². The molecule has 0 spiro atoms. The fourth-order valence-electron chi connectivity index (χ4n) is 2.21. The predicted molar refractivity (Wildman–Crippen MR) is 78.8 cm³/mol. The zero-order chi connectivity index (χ0) is 14.8. The number of benzene rings is 1. The van der Waals surface area contributed by atoms with E-state index in [0.29, 0.717) is 12.2 Å². The van der Waals surface area contributed by atoms with Crippen LogP contribution >= 0.6 is 0 Å². The Morgan fingerprint density at radius 2 is 2.00 bits per heavy atom. The number of aryl methyl sites for hydroxylation is 1. The van der Waals surface area contributed by atoms with Crippen LogP contribution in [0.2, 0.25) is 0 Å². The average molecular weight is 285 g/mol. The quantitative estimate of drug-likeness (QED) is 0.801. The maximum absolute atomic E-state index is 13.8. The second kappa shape index (κ2) is 5.40. The Bertz CT molecular complexity index is 759. The van der Waals surface area contributed by atoms with E-state index >= 15 is 0 Å². The highest BCUT2D eigenvalue weighted by molar-refractivity contribution is 5.49. The van der Waals surface area contributed by atoms with Crippen LogP contribution in [0, 0.1) is 12.7 Å². The topological polar surface area (TPSA) is 47.7 Å². The first kappa shape index (κ1) is 13.4. The minimum Gasteiger partial charge on any atom is -0.377 e. The van der Waals surface area contributed by atoms with Crippen LogP contribution in [-0.4, -0.2) is 19.6 Å². The number of nitrogens with one attached hydrogen (secondary N) is 1. The molecule has 6 heteroatoms. The average Bonchev–Trinajstić information content (AvgIpc) is 3.04. The van der Waals surface area contributed by atoms with E-state index in [2.05, 4.69) is 15.5 Å². The Hall–Kier alpha value is -2.63. The van der Waals surface area contributed by atoms with Crippen molar-refractivity contribution in [3.05, 3.63) is 59.9 Å². The molecule has 1 aromatic carbocycles. The van der Waals surface area contributed by atoms with Crippen molar-refractivity contribution in [3.63, 3.8) is 0 Å². The van der Waals surface area contributed by atoms with Gasteiger partial charge in [-0.15, -0.1) is 0 Å². The SMILES string of the molecule is Cc1c(NCc2ccnn2C)cnn1-c1ccccc1F. The maximum Gasteiger partial charge on any atom is 0.148 e. The van der Waals surface area contributed by atoms with Gasteiger partial charge in [0.15, 0.2) is 0 Å². The molecule has 108 valence electrons. The fourth-order valence-corrected chi connectivity index (χ4v) is 2.21. The highest BCUT2D eigenvalue weighted by Crippen LogP contribution is 2.20. The minimum absolute atomic E-state index is 0.290. The van der Waals surface area contributed by atoms with Crippen molar-refractivity contribution in [2.75, 3.05) is 5.32 Å². The van der Waals surface area contributed by atoms with Crippen molar-refractivity contribution in [2.24, 2.45) is 7.05 Å². The second-order valence-corrected chi connectivity index (χ2v) is 4.81. The Kier molecular flexibility index (Phi) is 3.43. The molecule has 0 aliphatic rings. The van der Waals surface area contributed by atoms with Gasteiger partial charge in [0, 0.05) is 13.2 Å². The summed E-state index contributed by atoms with van der Waals surface area (Å²) in [6.07, 6.45) is 3.46. The number of hydrogen-bond donors (Lipinski definition) is 1. The van der Waals surface area contributed by atoms with Crippen molar-refractivity contribution in [1.29, 1.82) is 0 Å². The number of para-hydroxylation sites is 1. The van der Waals surface area contributed by atoms with Crippen molar-refractivity contribution >= 4 is 5.69 Å². The van der Waals surface area contributed by atoms with Crippen LogP contribution in [0.1, 0.15) is 11.4 Å². The summed E-state index contributed by atoms with van der Waals surface area (Å²) >= 11 is 0. The fraction of sp³-hybridized carbons (Fsp3) is 0.200. The third kappa shape index (κ3) is 2.52. The minimum atomic E-state index is -0.290. The van der Waals surface area contributed by atoms with E-state index in [0.717, 1.165) is 17.1 Å². The van der Waals surface area contributed by atoms with Gasteiger partial charge in [-0.3, -0.25) is 4.68 Å². The molecule has 0 radical (unpaired) electrons. The van der Waals surface area contributed by atoms with Gasteiger partial charge in [0.1, 0.15) is 11.5 Å². The van der Waals surface area contributed by atoms with Crippen molar-refractivity contribution in [1.82, 2.24) is 19.6 Å². The number of anilines is 1. The molecule has 0 saturated heterocycles. The lowest BCUT2D eigenvalue weighted by Gasteiger charge is -2.08. The Morgan fingerprint density at radius 3 is 2.71 bits per heavy atom. The normalized spacial score (nSPS) is 10.8. The molecule has 21 heavy (non-hydrogen) atoms. The summed E-state index contributed by atoms with van der Waals surface area (Å²) in [6, 6.07) is 8.55. The molecule has 0 fully saturated rings. The van der Waals surface area contributed by atoms with Crippen LogP contribution in [0.25, 0.3) is 5.69 Å². The van der Waals surface area contributed by atoms with E-state index in [9.17, 15) is 4.39 Å². The number of halogens is 1. The van der Waals surface area contributed by atoms with Gasteiger partial charge in [-0.2, -0.15) is 10.2 Å². The van der Waals surface area contributed by atoms with Gasteiger partial charge in [-0.05, 0) is 25.1 Å². The van der Waals surface area contributed by atoms with Crippen LogP contribution in [0.4, 0.5) is 10.1 Å². The molecule has 0 unspecified atom stereocenters. The van der Waals surface area contributed by atoms with Gasteiger partial charge < -0.3 is 5.32 Å². The molecular formula is C15H16FN5. The Morgan fingerprint density at radius 1 is 1.19 bits per heavy atom. The van der Waals surface area contributed by atoms with E-state index < -0.39 is 0 Å². The first-order valence-corrected chi connectivity index (χ1v) is 6.67. The van der Waals surface area contributed by atoms with Crippen molar-refractivity contribution in [3.8, 4) is 5.69 Å².